The average molecular weight is 317 g/mol. The highest BCUT2D eigenvalue weighted by atomic mass is 29.6. The van der Waals surface area contributed by atoms with Crippen molar-refractivity contribution in [3.63, 3.8) is 0 Å². The van der Waals surface area contributed by atoms with Crippen molar-refractivity contribution in [3.05, 3.63) is 0 Å². The molecule has 19 heavy (non-hydrogen) atoms. The van der Waals surface area contributed by atoms with Gasteiger partial charge in [-0.1, -0.05) is 80.8 Å². The zero-order valence-corrected chi connectivity index (χ0v) is 18.4. The predicted molar refractivity (Wildman–Crippen MR) is 96.6 cm³/mol. The molecule has 0 aliphatic carbocycles. The molecule has 0 aromatic rings. The molecule has 0 aromatic heterocycles. The second kappa shape index (κ2) is 4.95. The van der Waals surface area contributed by atoms with Crippen LogP contribution in [0.25, 0.3) is 0 Å². The van der Waals surface area contributed by atoms with E-state index in [1.165, 1.54) is 0 Å². The Morgan fingerprint density at radius 2 is 0.947 bits per heavy atom. The Balaban J connectivity index is 6.55. The molecule has 0 heterocycles. The molecule has 0 saturated carbocycles. The van der Waals surface area contributed by atoms with Gasteiger partial charge in [0.1, 0.15) is 12.5 Å². The molecule has 0 atom stereocenters. The van der Waals surface area contributed by atoms with Gasteiger partial charge >= 0.3 is 0 Å². The highest BCUT2D eigenvalue weighted by Gasteiger charge is 2.67. The maximum absolute atomic E-state index is 13.6. The van der Waals surface area contributed by atoms with Gasteiger partial charge in [0.05, 0.1) is 0 Å². The normalized spacial score (nSPS) is 15.6. The Kier molecular flexibility index (Phi) is 5.03. The minimum absolute atomic E-state index is 0.173. The van der Waals surface area contributed by atoms with Crippen LogP contribution in [0.4, 0.5) is 0 Å². The van der Waals surface area contributed by atoms with Crippen molar-refractivity contribution in [2.75, 3.05) is 0 Å². The highest BCUT2D eigenvalue weighted by Crippen LogP contribution is 2.50. The van der Waals surface area contributed by atoms with E-state index in [1.54, 1.807) is 0 Å². The summed E-state index contributed by atoms with van der Waals surface area (Å²) in [6, 6.07) is 0. The van der Waals surface area contributed by atoms with Crippen LogP contribution in [0.1, 0.15) is 41.5 Å². The van der Waals surface area contributed by atoms with Gasteiger partial charge < -0.3 is 4.79 Å². The van der Waals surface area contributed by atoms with Crippen molar-refractivity contribution >= 4 is 27.7 Å². The van der Waals surface area contributed by atoms with Crippen molar-refractivity contribution in [1.82, 2.24) is 0 Å². The van der Waals surface area contributed by atoms with Gasteiger partial charge in [-0.2, -0.15) is 0 Å². The average Bonchev–Trinajstić information content (AvgIpc) is 1.92. The Labute approximate surface area is 124 Å². The molecule has 0 N–H and O–H groups in total. The fourth-order valence-electron chi connectivity index (χ4n) is 4.96. The SMILES string of the molecule is CC(C)(C)C(=O)[Si](C(C)(C)C)([Si](C)(C)C)[Si](C)(C)C. The lowest BCUT2D eigenvalue weighted by Crippen LogP contribution is -2.81. The lowest BCUT2D eigenvalue weighted by molar-refractivity contribution is -0.119. The summed E-state index contributed by atoms with van der Waals surface area (Å²) in [5.74, 6) is 0. The summed E-state index contributed by atoms with van der Waals surface area (Å²) in [5, 5.41) is 0.817. The molecule has 0 bridgehead atoms. The fourth-order valence-corrected chi connectivity index (χ4v) is 61.7. The molecule has 0 aliphatic heterocycles. The van der Waals surface area contributed by atoms with E-state index in [0.29, 0.717) is 5.41 Å². The van der Waals surface area contributed by atoms with Crippen molar-refractivity contribution in [2.24, 2.45) is 5.41 Å². The minimum Gasteiger partial charge on any atom is -0.305 e. The lowest BCUT2D eigenvalue weighted by Gasteiger charge is -2.58. The third kappa shape index (κ3) is 3.16. The number of carbonyl (C=O) groups is 1. The van der Waals surface area contributed by atoms with Crippen LogP contribution in [0.3, 0.4) is 0 Å². The zero-order chi connectivity index (χ0) is 16.1. The standard InChI is InChI=1S/C15H36OSi3/c1-14(2,3)13(16)19(15(4,5)6,17(7,8)9)18(10,11)12/h1-12H3. The summed E-state index contributed by atoms with van der Waals surface area (Å²) in [6.07, 6.45) is 0. The molecule has 0 aliphatic rings. The Morgan fingerprint density at radius 1 is 0.684 bits per heavy atom. The van der Waals surface area contributed by atoms with Crippen LogP contribution in [0, 0.1) is 5.41 Å². The van der Waals surface area contributed by atoms with Crippen molar-refractivity contribution in [3.8, 4) is 0 Å². The largest absolute Gasteiger partial charge is 0.305 e. The second-order valence-electron chi connectivity index (χ2n) is 10.1. The summed E-state index contributed by atoms with van der Waals surface area (Å²) in [7, 11) is -5.06. The van der Waals surface area contributed by atoms with E-state index in [1.807, 2.05) is 0 Å². The molecule has 0 amide bonds. The van der Waals surface area contributed by atoms with Crippen LogP contribution in [0.15, 0.2) is 0 Å². The Morgan fingerprint density at radius 3 is 1.00 bits per heavy atom. The summed E-state index contributed by atoms with van der Waals surface area (Å²) >= 11 is 0. The maximum Gasteiger partial charge on any atom is 0.123 e. The smallest absolute Gasteiger partial charge is 0.123 e. The van der Waals surface area contributed by atoms with Gasteiger partial charge in [0.2, 0.25) is 0 Å². The zero-order valence-electron chi connectivity index (χ0n) is 15.4. The number of hydrogen-bond acceptors (Lipinski definition) is 1. The number of carbonyl (C=O) groups excluding carboxylic acids is 1. The first-order chi connectivity index (χ1) is 7.90. The quantitative estimate of drug-likeness (QED) is 0.652. The summed E-state index contributed by atoms with van der Waals surface area (Å²) in [6.45, 7) is 28.1. The predicted octanol–water partition coefficient (Wildman–Crippen LogP) is 5.22. The van der Waals surface area contributed by atoms with Gasteiger partial charge in [-0.15, -0.1) is 0 Å². The van der Waals surface area contributed by atoms with E-state index in [2.05, 4.69) is 80.8 Å². The first kappa shape index (κ1) is 19.3. The minimum atomic E-state index is -2.00. The summed E-state index contributed by atoms with van der Waals surface area (Å²) in [4.78, 5) is 13.6. The van der Waals surface area contributed by atoms with E-state index < -0.39 is 22.3 Å². The Hall–Kier alpha value is 0.321. The molecule has 0 saturated heterocycles. The third-order valence-electron chi connectivity index (χ3n) is 4.40. The van der Waals surface area contributed by atoms with Crippen LogP contribution in [0.5, 0.6) is 0 Å². The molecule has 0 spiro atoms. The number of hydrogen-bond donors (Lipinski definition) is 0. The van der Waals surface area contributed by atoms with E-state index in [9.17, 15) is 4.79 Å². The van der Waals surface area contributed by atoms with Gasteiger partial charge in [0.15, 0.2) is 0 Å². The highest BCUT2D eigenvalue weighted by molar-refractivity contribution is 7.78. The van der Waals surface area contributed by atoms with Crippen LogP contribution in [-0.2, 0) is 4.79 Å². The first-order valence-corrected chi connectivity index (χ1v) is 18.5. The molecule has 0 fully saturated rings. The first-order valence-electron chi connectivity index (χ1n) is 7.45. The molecule has 4 heteroatoms. The van der Waals surface area contributed by atoms with Crippen LogP contribution in [0.2, 0.25) is 44.3 Å². The monoisotopic (exact) mass is 316 g/mol. The molecule has 0 rings (SSSR count). The van der Waals surface area contributed by atoms with Crippen molar-refractivity contribution in [1.29, 1.82) is 0 Å². The molecular weight excluding hydrogens is 280 g/mol. The second-order valence-corrected chi connectivity index (χ2v) is 37.5. The topological polar surface area (TPSA) is 17.1 Å². The molecule has 1 nitrogen and oxygen atoms in total. The third-order valence-corrected chi connectivity index (χ3v) is 45.4. The van der Waals surface area contributed by atoms with Crippen LogP contribution >= 0.6 is 0 Å². The lowest BCUT2D eigenvalue weighted by atomic mass is 9.99. The molecule has 0 aromatic carbocycles. The summed E-state index contributed by atoms with van der Waals surface area (Å²) < 4.78 is 0. The van der Waals surface area contributed by atoms with Gasteiger partial charge in [0, 0.05) is 20.6 Å². The van der Waals surface area contributed by atoms with Gasteiger partial charge in [-0.05, 0) is 5.04 Å². The van der Waals surface area contributed by atoms with Crippen LogP contribution < -0.4 is 0 Å². The van der Waals surface area contributed by atoms with E-state index >= 15 is 0 Å². The van der Waals surface area contributed by atoms with E-state index in [0.717, 1.165) is 0 Å². The van der Waals surface area contributed by atoms with Gasteiger partial charge in [-0.25, -0.2) is 0 Å². The van der Waals surface area contributed by atoms with Gasteiger partial charge in [-0.3, -0.25) is 0 Å². The molecule has 114 valence electrons. The molecule has 0 radical (unpaired) electrons. The van der Waals surface area contributed by atoms with E-state index in [4.69, 9.17) is 0 Å². The number of rotatable bonds is 3. The maximum atomic E-state index is 13.6. The summed E-state index contributed by atoms with van der Waals surface area (Å²) in [5.41, 5.74) is -0.194. The van der Waals surface area contributed by atoms with Gasteiger partial charge in [0.25, 0.3) is 0 Å². The molecule has 0 unspecified atom stereocenters. The van der Waals surface area contributed by atoms with Crippen molar-refractivity contribution < 1.29 is 4.79 Å². The Bertz CT molecular complexity index is 310. The van der Waals surface area contributed by atoms with Crippen molar-refractivity contribution in [2.45, 2.75) is 85.9 Å². The van der Waals surface area contributed by atoms with E-state index in [-0.39, 0.29) is 10.5 Å². The molecular formula is C15H36OSi3. The van der Waals surface area contributed by atoms with Crippen LogP contribution in [-0.4, -0.2) is 27.7 Å². The fraction of sp³-hybridized carbons (Fsp3) is 0.933.